The van der Waals surface area contributed by atoms with Crippen molar-refractivity contribution in [3.05, 3.63) is 10.1 Å². The zero-order valence-corrected chi connectivity index (χ0v) is 2.96. The van der Waals surface area contributed by atoms with Gasteiger partial charge in [-0.05, 0) is 0 Å². The quantitative estimate of drug-likeness (QED) is 0.272. The normalized spacial score (nSPS) is 8.17. The van der Waals surface area contributed by atoms with Crippen LogP contribution in [-0.4, -0.2) is 11.7 Å². The second-order valence-electron chi connectivity index (χ2n) is 0.629. The van der Waals surface area contributed by atoms with Crippen LogP contribution in [0.2, 0.25) is 0 Å². The average molecular weight is 92.1 g/mol. The molecule has 2 N–H and O–H groups in total. The highest BCUT2D eigenvalue weighted by molar-refractivity contribution is 3.98. The van der Waals surface area contributed by atoms with Crippen LogP contribution in [0.3, 0.4) is 0 Å². The largest absolute Gasteiger partial charge is 0.321 e. The molecule has 5 heteroatoms. The fourth-order valence-electron chi connectivity index (χ4n) is 0.0609. The Labute approximate surface area is 33.8 Å². The average Bonchev–Trinajstić information content (AvgIpc) is 1.35. The predicted octanol–water partition coefficient (Wildman–Crippen LogP) is -0.889. The van der Waals surface area contributed by atoms with E-state index in [9.17, 15) is 10.1 Å². The third kappa shape index (κ3) is 3.32. The van der Waals surface area contributed by atoms with Gasteiger partial charge in [0.2, 0.25) is 0 Å². The van der Waals surface area contributed by atoms with Gasteiger partial charge in [-0.25, -0.2) is 10.7 Å². The van der Waals surface area contributed by atoms with E-state index in [1.165, 1.54) is 0 Å². The zero-order chi connectivity index (χ0) is 4.99. The highest BCUT2D eigenvalue weighted by Crippen LogP contribution is 1.60. The zero-order valence-electron chi connectivity index (χ0n) is 2.96. The SMILES string of the molecule is NOC[N+](=O)[O-]. The Bertz CT molecular complexity index is 52.8. The molecule has 36 valence electrons. The summed E-state index contributed by atoms with van der Waals surface area (Å²) in [7, 11) is 0. The number of nitrogens with two attached hydrogens (primary N) is 1. The van der Waals surface area contributed by atoms with E-state index >= 15 is 0 Å². The lowest BCUT2D eigenvalue weighted by molar-refractivity contribution is -0.527. The number of nitrogens with zero attached hydrogens (tertiary/aromatic N) is 1. The van der Waals surface area contributed by atoms with Crippen LogP contribution in [0, 0.1) is 10.1 Å². The first-order valence-electron chi connectivity index (χ1n) is 1.21. The molecule has 0 unspecified atom stereocenters. The summed E-state index contributed by atoms with van der Waals surface area (Å²) in [5.74, 6) is 4.29. The van der Waals surface area contributed by atoms with Gasteiger partial charge in [0.1, 0.15) is 0 Å². The van der Waals surface area contributed by atoms with E-state index in [0.717, 1.165) is 0 Å². The lowest BCUT2D eigenvalue weighted by Gasteiger charge is -1.82. The highest BCUT2D eigenvalue weighted by Gasteiger charge is 1.86. The lowest BCUT2D eigenvalue weighted by atomic mass is 11.3. The molecule has 6 heavy (non-hydrogen) atoms. The van der Waals surface area contributed by atoms with Gasteiger partial charge < -0.3 is 0 Å². The van der Waals surface area contributed by atoms with Crippen molar-refractivity contribution >= 4 is 0 Å². The maximum Gasteiger partial charge on any atom is 0.321 e. The molecule has 0 aromatic rings. The van der Waals surface area contributed by atoms with Gasteiger partial charge in [-0.3, -0.25) is 10.1 Å². The van der Waals surface area contributed by atoms with Crippen LogP contribution < -0.4 is 5.90 Å². The summed E-state index contributed by atoms with van der Waals surface area (Å²) in [6.07, 6.45) is 0. The van der Waals surface area contributed by atoms with E-state index in [1.807, 2.05) is 0 Å². The molecule has 0 amide bonds. The van der Waals surface area contributed by atoms with Gasteiger partial charge in [0.05, 0.1) is 4.92 Å². The van der Waals surface area contributed by atoms with Crippen LogP contribution in [-0.2, 0) is 4.84 Å². The highest BCUT2D eigenvalue weighted by atomic mass is 16.7. The van der Waals surface area contributed by atoms with Gasteiger partial charge in [0.15, 0.2) is 0 Å². The molecular weight excluding hydrogens is 88.0 g/mol. The first-order chi connectivity index (χ1) is 2.77. The Morgan fingerprint density at radius 1 is 2.00 bits per heavy atom. The minimum absolute atomic E-state index is 0.625. The Hall–Kier alpha value is -0.680. The van der Waals surface area contributed by atoms with E-state index in [0.29, 0.717) is 0 Å². The second kappa shape index (κ2) is 2.55. The summed E-state index contributed by atoms with van der Waals surface area (Å²) in [4.78, 5) is 12.1. The molecule has 0 aromatic carbocycles. The standard InChI is InChI=1S/CH4N2O3/c2-6-1-3(4)5/h1-2H2. The molecule has 0 saturated carbocycles. The summed E-state index contributed by atoms with van der Waals surface area (Å²) in [5.41, 5.74) is 0. The predicted molar refractivity (Wildman–Crippen MR) is 17.1 cm³/mol. The van der Waals surface area contributed by atoms with Crippen molar-refractivity contribution in [2.24, 2.45) is 5.90 Å². The van der Waals surface area contributed by atoms with Crippen LogP contribution in [0.4, 0.5) is 0 Å². The van der Waals surface area contributed by atoms with Crippen molar-refractivity contribution in [2.75, 3.05) is 6.73 Å². The summed E-state index contributed by atoms with van der Waals surface area (Å²) in [5, 5.41) is 9.20. The maximum absolute atomic E-state index is 9.20. The number of rotatable bonds is 2. The summed E-state index contributed by atoms with van der Waals surface area (Å²) in [6, 6.07) is 0. The Morgan fingerprint density at radius 3 is 2.50 bits per heavy atom. The fraction of sp³-hybridized carbons (Fsp3) is 1.00. The van der Waals surface area contributed by atoms with E-state index in [1.54, 1.807) is 0 Å². The van der Waals surface area contributed by atoms with Crippen LogP contribution in [0.25, 0.3) is 0 Å². The first kappa shape index (κ1) is 5.32. The molecule has 0 bridgehead atoms. The monoisotopic (exact) mass is 92.0 g/mol. The Balaban J connectivity index is 2.83. The molecule has 0 aliphatic rings. The van der Waals surface area contributed by atoms with E-state index in [-0.39, 0.29) is 0 Å². The maximum atomic E-state index is 9.20. The van der Waals surface area contributed by atoms with Gasteiger partial charge in [-0.2, -0.15) is 0 Å². The summed E-state index contributed by atoms with van der Waals surface area (Å²) in [6.45, 7) is -0.625. The van der Waals surface area contributed by atoms with E-state index < -0.39 is 11.7 Å². The number of nitro groups is 1. The van der Waals surface area contributed by atoms with Crippen molar-refractivity contribution in [1.82, 2.24) is 0 Å². The molecule has 0 spiro atoms. The van der Waals surface area contributed by atoms with Crippen LogP contribution in [0.15, 0.2) is 0 Å². The van der Waals surface area contributed by atoms with Gasteiger partial charge in [-0.1, -0.05) is 0 Å². The lowest BCUT2D eigenvalue weighted by Crippen LogP contribution is -2.09. The van der Waals surface area contributed by atoms with E-state index in [4.69, 9.17) is 0 Å². The second-order valence-corrected chi connectivity index (χ2v) is 0.629. The topological polar surface area (TPSA) is 78.4 Å². The van der Waals surface area contributed by atoms with Crippen molar-refractivity contribution in [3.63, 3.8) is 0 Å². The molecule has 0 fully saturated rings. The summed E-state index contributed by atoms with van der Waals surface area (Å²) >= 11 is 0. The van der Waals surface area contributed by atoms with Crippen molar-refractivity contribution in [2.45, 2.75) is 0 Å². The third-order valence-corrected chi connectivity index (χ3v) is 0.180. The first-order valence-corrected chi connectivity index (χ1v) is 1.21. The molecule has 5 nitrogen and oxygen atoms in total. The third-order valence-electron chi connectivity index (χ3n) is 0.180. The van der Waals surface area contributed by atoms with Gasteiger partial charge >= 0.3 is 6.73 Å². The number of hydrogen-bond donors (Lipinski definition) is 1. The van der Waals surface area contributed by atoms with Crippen LogP contribution in [0.5, 0.6) is 0 Å². The molecule has 0 aromatic heterocycles. The van der Waals surface area contributed by atoms with Crippen LogP contribution in [0.1, 0.15) is 0 Å². The molecule has 0 heterocycles. The van der Waals surface area contributed by atoms with Gasteiger partial charge in [0.25, 0.3) is 0 Å². The molecule has 0 saturated heterocycles. The smallest absolute Gasteiger partial charge is 0.262 e. The molecular formula is CH4N2O3. The fourth-order valence-corrected chi connectivity index (χ4v) is 0.0609. The number of hydrogen-bond acceptors (Lipinski definition) is 4. The minimum Gasteiger partial charge on any atom is -0.262 e. The Kier molecular flexibility index (Phi) is 2.26. The minimum atomic E-state index is -0.667. The van der Waals surface area contributed by atoms with Crippen LogP contribution >= 0.6 is 0 Å². The van der Waals surface area contributed by atoms with Crippen molar-refractivity contribution in [3.8, 4) is 0 Å². The molecule has 0 aliphatic heterocycles. The van der Waals surface area contributed by atoms with Gasteiger partial charge in [0, 0.05) is 0 Å². The molecule has 0 atom stereocenters. The molecule has 0 rings (SSSR count). The van der Waals surface area contributed by atoms with Crippen molar-refractivity contribution < 1.29 is 9.76 Å². The van der Waals surface area contributed by atoms with Crippen molar-refractivity contribution in [1.29, 1.82) is 0 Å². The molecule has 0 radical (unpaired) electrons. The summed E-state index contributed by atoms with van der Waals surface area (Å²) < 4.78 is 0. The molecule has 0 aliphatic carbocycles. The van der Waals surface area contributed by atoms with E-state index in [2.05, 4.69) is 10.7 Å². The van der Waals surface area contributed by atoms with Gasteiger partial charge in [-0.15, -0.1) is 0 Å². The Morgan fingerprint density at radius 2 is 2.50 bits per heavy atom.